The van der Waals surface area contributed by atoms with E-state index in [2.05, 4.69) is 12.1 Å². The van der Waals surface area contributed by atoms with Gasteiger partial charge in [0, 0.05) is 18.5 Å². The molecule has 0 aromatic heterocycles. The summed E-state index contributed by atoms with van der Waals surface area (Å²) in [7, 11) is 0. The largest absolute Gasteiger partial charge is 0.493 e. The highest BCUT2D eigenvalue weighted by Crippen LogP contribution is 2.28. The van der Waals surface area contributed by atoms with Crippen molar-refractivity contribution >= 4 is 12.0 Å². The van der Waals surface area contributed by atoms with Crippen LogP contribution in [0, 0.1) is 11.3 Å². The smallest absolute Gasteiger partial charge is 0.247 e. The Kier molecular flexibility index (Phi) is 3.42. The van der Waals surface area contributed by atoms with Crippen LogP contribution in [0.2, 0.25) is 0 Å². The molecule has 0 bridgehead atoms. The minimum absolute atomic E-state index is 0.0780. The predicted molar refractivity (Wildman–Crippen MR) is 75.0 cm³/mol. The molecule has 4 heteroatoms. The zero-order valence-corrected chi connectivity index (χ0v) is 11.2. The lowest BCUT2D eigenvalue weighted by molar-refractivity contribution is -0.125. The van der Waals surface area contributed by atoms with Crippen molar-refractivity contribution in [2.75, 3.05) is 13.2 Å². The molecule has 1 amide bonds. The van der Waals surface area contributed by atoms with Crippen LogP contribution in [0.25, 0.3) is 6.08 Å². The Morgan fingerprint density at radius 3 is 3.10 bits per heavy atom. The van der Waals surface area contributed by atoms with Gasteiger partial charge in [-0.2, -0.15) is 5.26 Å². The third-order valence-corrected chi connectivity index (χ3v) is 3.64. The van der Waals surface area contributed by atoms with Gasteiger partial charge in [0.2, 0.25) is 5.91 Å². The number of benzene rings is 1. The van der Waals surface area contributed by atoms with Crippen LogP contribution in [0.3, 0.4) is 0 Å². The first kappa shape index (κ1) is 12.7. The van der Waals surface area contributed by atoms with Crippen molar-refractivity contribution < 1.29 is 9.53 Å². The summed E-state index contributed by atoms with van der Waals surface area (Å²) >= 11 is 0. The summed E-state index contributed by atoms with van der Waals surface area (Å²) in [5.41, 5.74) is 2.19. The molecule has 1 heterocycles. The van der Waals surface area contributed by atoms with E-state index >= 15 is 0 Å². The molecule has 20 heavy (non-hydrogen) atoms. The molecule has 1 aliphatic heterocycles. The first-order valence-corrected chi connectivity index (χ1v) is 6.89. The summed E-state index contributed by atoms with van der Waals surface area (Å²) in [6, 6.07) is 8.26. The lowest BCUT2D eigenvalue weighted by Crippen LogP contribution is -2.31. The minimum Gasteiger partial charge on any atom is -0.493 e. The zero-order valence-electron chi connectivity index (χ0n) is 11.2. The second kappa shape index (κ2) is 5.38. The molecule has 1 saturated carbocycles. The van der Waals surface area contributed by atoms with Gasteiger partial charge >= 0.3 is 0 Å². The highest BCUT2D eigenvalue weighted by atomic mass is 16.5. The molecule has 1 fully saturated rings. The third kappa shape index (κ3) is 2.67. The van der Waals surface area contributed by atoms with Gasteiger partial charge in [-0.05, 0) is 42.2 Å². The number of rotatable bonds is 4. The quantitative estimate of drug-likeness (QED) is 0.621. The molecular formula is C16H16N2O2. The lowest BCUT2D eigenvalue weighted by atomic mass is 10.1. The van der Waals surface area contributed by atoms with E-state index in [9.17, 15) is 4.79 Å². The first-order valence-electron chi connectivity index (χ1n) is 6.89. The molecule has 0 radical (unpaired) electrons. The van der Waals surface area contributed by atoms with E-state index in [4.69, 9.17) is 10.00 Å². The fourth-order valence-corrected chi connectivity index (χ4v) is 2.42. The maximum atomic E-state index is 12.1. The Hall–Kier alpha value is -2.28. The predicted octanol–water partition coefficient (Wildman–Crippen LogP) is 2.15. The standard InChI is InChI=1S/C16H16N2O2/c17-8-9-18(14-3-4-14)16(19)6-2-12-1-5-15-13(11-12)7-10-20-15/h1-2,5-6,11,14H,3-4,7,9-10H2. The second-order valence-electron chi connectivity index (χ2n) is 5.15. The van der Waals surface area contributed by atoms with E-state index in [1.165, 1.54) is 5.56 Å². The summed E-state index contributed by atoms with van der Waals surface area (Å²) in [6.45, 7) is 0.908. The Bertz CT molecular complexity index is 597. The van der Waals surface area contributed by atoms with Crippen molar-refractivity contribution in [2.45, 2.75) is 25.3 Å². The van der Waals surface area contributed by atoms with Crippen molar-refractivity contribution in [3.8, 4) is 11.8 Å². The van der Waals surface area contributed by atoms with Crippen molar-refractivity contribution in [3.63, 3.8) is 0 Å². The van der Waals surface area contributed by atoms with E-state index in [1.807, 2.05) is 18.2 Å². The number of carbonyl (C=O) groups is 1. The molecule has 1 aromatic rings. The Labute approximate surface area is 118 Å². The topological polar surface area (TPSA) is 53.3 Å². The van der Waals surface area contributed by atoms with Gasteiger partial charge in [-0.25, -0.2) is 0 Å². The van der Waals surface area contributed by atoms with Crippen LogP contribution in [0.1, 0.15) is 24.0 Å². The average Bonchev–Trinajstić information content (AvgIpc) is 3.19. The van der Waals surface area contributed by atoms with Crippen LogP contribution in [0.5, 0.6) is 5.75 Å². The molecule has 1 aromatic carbocycles. The van der Waals surface area contributed by atoms with Gasteiger partial charge < -0.3 is 9.64 Å². The first-order chi connectivity index (χ1) is 9.78. The number of nitrogens with zero attached hydrogens (tertiary/aromatic N) is 2. The van der Waals surface area contributed by atoms with Crippen molar-refractivity contribution in [3.05, 3.63) is 35.4 Å². The molecule has 0 saturated heterocycles. The number of amides is 1. The fourth-order valence-electron chi connectivity index (χ4n) is 2.42. The molecule has 102 valence electrons. The van der Waals surface area contributed by atoms with E-state index in [0.29, 0.717) is 0 Å². The van der Waals surface area contributed by atoms with Crippen molar-refractivity contribution in [2.24, 2.45) is 0 Å². The minimum atomic E-state index is -0.0780. The van der Waals surface area contributed by atoms with E-state index in [0.717, 1.165) is 37.2 Å². The summed E-state index contributed by atoms with van der Waals surface area (Å²) in [5.74, 6) is 0.864. The van der Waals surface area contributed by atoms with Gasteiger partial charge in [-0.1, -0.05) is 6.07 Å². The third-order valence-electron chi connectivity index (χ3n) is 3.64. The molecule has 0 atom stereocenters. The summed E-state index contributed by atoms with van der Waals surface area (Å²) < 4.78 is 5.45. The maximum absolute atomic E-state index is 12.1. The number of ether oxygens (including phenoxy) is 1. The summed E-state index contributed by atoms with van der Waals surface area (Å²) in [4.78, 5) is 13.7. The van der Waals surface area contributed by atoms with Crippen LogP contribution in [-0.4, -0.2) is 30.0 Å². The molecule has 2 aliphatic rings. The van der Waals surface area contributed by atoms with Crippen LogP contribution in [0.15, 0.2) is 24.3 Å². The van der Waals surface area contributed by atoms with E-state index < -0.39 is 0 Å². The molecule has 4 nitrogen and oxygen atoms in total. The van der Waals surface area contributed by atoms with Crippen LogP contribution in [0.4, 0.5) is 0 Å². The number of fused-ring (bicyclic) bond motifs is 1. The van der Waals surface area contributed by atoms with Crippen LogP contribution in [-0.2, 0) is 11.2 Å². The second-order valence-corrected chi connectivity index (χ2v) is 5.15. The molecule has 0 unspecified atom stereocenters. The average molecular weight is 268 g/mol. The molecular weight excluding hydrogens is 252 g/mol. The highest BCUT2D eigenvalue weighted by Gasteiger charge is 2.31. The van der Waals surface area contributed by atoms with E-state index in [1.54, 1.807) is 11.0 Å². The number of hydrogen-bond donors (Lipinski definition) is 0. The Balaban J connectivity index is 1.70. The Morgan fingerprint density at radius 2 is 2.35 bits per heavy atom. The molecule has 1 aliphatic carbocycles. The normalized spacial score (nSPS) is 16.6. The fraction of sp³-hybridized carbons (Fsp3) is 0.375. The van der Waals surface area contributed by atoms with Gasteiger partial charge in [-0.15, -0.1) is 0 Å². The lowest BCUT2D eigenvalue weighted by Gasteiger charge is -2.16. The maximum Gasteiger partial charge on any atom is 0.247 e. The molecule has 0 N–H and O–H groups in total. The summed E-state index contributed by atoms with van der Waals surface area (Å²) in [5, 5.41) is 8.77. The van der Waals surface area contributed by atoms with Gasteiger partial charge in [0.15, 0.2) is 0 Å². The van der Waals surface area contributed by atoms with Crippen molar-refractivity contribution in [1.29, 1.82) is 5.26 Å². The number of carbonyl (C=O) groups excluding carboxylic acids is 1. The van der Waals surface area contributed by atoms with Crippen LogP contribution >= 0.6 is 0 Å². The Morgan fingerprint density at radius 1 is 1.50 bits per heavy atom. The van der Waals surface area contributed by atoms with Gasteiger partial charge in [-0.3, -0.25) is 4.79 Å². The van der Waals surface area contributed by atoms with Gasteiger partial charge in [0.05, 0.1) is 12.7 Å². The van der Waals surface area contributed by atoms with Gasteiger partial charge in [0.25, 0.3) is 0 Å². The monoisotopic (exact) mass is 268 g/mol. The SMILES string of the molecule is N#CCN(C(=O)C=Cc1ccc2c(c1)CCO2)C1CC1. The van der Waals surface area contributed by atoms with E-state index in [-0.39, 0.29) is 18.5 Å². The number of hydrogen-bond acceptors (Lipinski definition) is 3. The number of nitriles is 1. The molecule has 3 rings (SSSR count). The molecule has 0 spiro atoms. The van der Waals surface area contributed by atoms with Crippen LogP contribution < -0.4 is 4.74 Å². The van der Waals surface area contributed by atoms with Crippen molar-refractivity contribution in [1.82, 2.24) is 4.90 Å². The summed E-state index contributed by atoms with van der Waals surface area (Å²) in [6.07, 6.45) is 6.32. The van der Waals surface area contributed by atoms with Gasteiger partial charge in [0.1, 0.15) is 12.3 Å². The highest BCUT2D eigenvalue weighted by molar-refractivity contribution is 5.92. The zero-order chi connectivity index (χ0) is 13.9.